The van der Waals surface area contributed by atoms with E-state index >= 15 is 0 Å². The lowest BCUT2D eigenvalue weighted by molar-refractivity contribution is -0.135. The standard InChI is InChI=1S/C17H26N2O3/c1-12(2)9-15(17(21)19(4)5)18-16(20)11-22-14-8-6-7-13(3)10-14/h6-8,10,12,15H,9,11H2,1-5H3,(H,18,20)/t15-/m1/s1. The summed E-state index contributed by atoms with van der Waals surface area (Å²) >= 11 is 0. The molecule has 0 radical (unpaired) electrons. The van der Waals surface area contributed by atoms with Crippen LogP contribution in [0, 0.1) is 12.8 Å². The maximum absolute atomic E-state index is 12.1. The number of aryl methyl sites for hydroxylation is 1. The van der Waals surface area contributed by atoms with Crippen molar-refractivity contribution in [1.29, 1.82) is 0 Å². The van der Waals surface area contributed by atoms with Gasteiger partial charge >= 0.3 is 0 Å². The maximum atomic E-state index is 12.1. The van der Waals surface area contributed by atoms with Crippen molar-refractivity contribution < 1.29 is 14.3 Å². The zero-order chi connectivity index (χ0) is 16.7. The van der Waals surface area contributed by atoms with E-state index in [0.717, 1.165) is 5.56 Å². The van der Waals surface area contributed by atoms with Crippen LogP contribution in [0.15, 0.2) is 24.3 Å². The highest BCUT2D eigenvalue weighted by molar-refractivity contribution is 5.87. The van der Waals surface area contributed by atoms with E-state index in [9.17, 15) is 9.59 Å². The Hall–Kier alpha value is -2.04. The van der Waals surface area contributed by atoms with Crippen molar-refractivity contribution in [1.82, 2.24) is 10.2 Å². The first kappa shape index (κ1) is 18.0. The Morgan fingerprint density at radius 1 is 1.27 bits per heavy atom. The van der Waals surface area contributed by atoms with Crippen LogP contribution in [0.5, 0.6) is 5.75 Å². The minimum atomic E-state index is -0.511. The lowest BCUT2D eigenvalue weighted by atomic mass is 10.0. The van der Waals surface area contributed by atoms with E-state index in [1.807, 2.05) is 39.0 Å². The van der Waals surface area contributed by atoms with E-state index in [1.165, 1.54) is 4.90 Å². The molecule has 1 aromatic rings. The molecule has 0 aliphatic carbocycles. The molecule has 0 fully saturated rings. The summed E-state index contributed by atoms with van der Waals surface area (Å²) in [4.78, 5) is 25.6. The van der Waals surface area contributed by atoms with Crippen LogP contribution >= 0.6 is 0 Å². The Kier molecular flexibility index (Phi) is 6.89. The average Bonchev–Trinajstić information content (AvgIpc) is 2.43. The molecular weight excluding hydrogens is 280 g/mol. The normalized spacial score (nSPS) is 11.9. The summed E-state index contributed by atoms with van der Waals surface area (Å²) in [6, 6.07) is 6.99. The molecule has 0 heterocycles. The molecule has 1 atom stereocenters. The molecule has 1 N–H and O–H groups in total. The number of carbonyl (C=O) groups excluding carboxylic acids is 2. The van der Waals surface area contributed by atoms with Crippen molar-refractivity contribution in [3.05, 3.63) is 29.8 Å². The molecule has 0 aromatic heterocycles. The highest BCUT2D eigenvalue weighted by atomic mass is 16.5. The number of nitrogens with one attached hydrogen (secondary N) is 1. The Morgan fingerprint density at radius 2 is 1.95 bits per heavy atom. The second-order valence-electron chi connectivity index (χ2n) is 6.09. The topological polar surface area (TPSA) is 58.6 Å². The fourth-order valence-electron chi connectivity index (χ4n) is 2.09. The second-order valence-corrected chi connectivity index (χ2v) is 6.09. The van der Waals surface area contributed by atoms with Gasteiger partial charge in [-0.15, -0.1) is 0 Å². The molecule has 1 rings (SSSR count). The third-order valence-electron chi connectivity index (χ3n) is 3.14. The lowest BCUT2D eigenvalue weighted by Gasteiger charge is -2.23. The van der Waals surface area contributed by atoms with Crippen molar-refractivity contribution in [3.63, 3.8) is 0 Å². The highest BCUT2D eigenvalue weighted by Crippen LogP contribution is 2.12. The summed E-state index contributed by atoms with van der Waals surface area (Å²) in [5.41, 5.74) is 1.07. The van der Waals surface area contributed by atoms with Crippen LogP contribution in [-0.2, 0) is 9.59 Å². The first-order valence-corrected chi connectivity index (χ1v) is 7.49. The van der Waals surface area contributed by atoms with Crippen LogP contribution < -0.4 is 10.1 Å². The number of amides is 2. The summed E-state index contributed by atoms with van der Waals surface area (Å²) < 4.78 is 5.46. The van der Waals surface area contributed by atoms with Gasteiger partial charge in [-0.2, -0.15) is 0 Å². The monoisotopic (exact) mass is 306 g/mol. The van der Waals surface area contributed by atoms with E-state index in [2.05, 4.69) is 5.32 Å². The van der Waals surface area contributed by atoms with Crippen LogP contribution in [0.1, 0.15) is 25.8 Å². The summed E-state index contributed by atoms with van der Waals surface area (Å²) in [6.45, 7) is 5.90. The number of nitrogens with zero attached hydrogens (tertiary/aromatic N) is 1. The number of benzene rings is 1. The van der Waals surface area contributed by atoms with Crippen molar-refractivity contribution in [2.75, 3.05) is 20.7 Å². The predicted octanol–water partition coefficient (Wildman–Crippen LogP) is 1.99. The van der Waals surface area contributed by atoms with Gasteiger partial charge in [0.2, 0.25) is 5.91 Å². The molecule has 5 heteroatoms. The van der Waals surface area contributed by atoms with Gasteiger partial charge in [-0.25, -0.2) is 0 Å². The molecule has 0 aliphatic rings. The van der Waals surface area contributed by atoms with Crippen LogP contribution in [0.3, 0.4) is 0 Å². The van der Waals surface area contributed by atoms with Crippen molar-refractivity contribution in [2.24, 2.45) is 5.92 Å². The molecule has 0 bridgehead atoms. The molecule has 22 heavy (non-hydrogen) atoms. The van der Waals surface area contributed by atoms with E-state index in [4.69, 9.17) is 4.74 Å². The van der Waals surface area contributed by atoms with Gasteiger partial charge in [0.25, 0.3) is 5.91 Å². The summed E-state index contributed by atoms with van der Waals surface area (Å²) in [6.07, 6.45) is 0.604. The largest absolute Gasteiger partial charge is 0.484 e. The number of hydrogen-bond acceptors (Lipinski definition) is 3. The summed E-state index contributed by atoms with van der Waals surface area (Å²) in [5.74, 6) is 0.571. The predicted molar refractivity (Wildman–Crippen MR) is 86.8 cm³/mol. The maximum Gasteiger partial charge on any atom is 0.258 e. The number of rotatable bonds is 7. The zero-order valence-electron chi connectivity index (χ0n) is 14.1. The number of carbonyl (C=O) groups is 2. The Balaban J connectivity index is 2.57. The Morgan fingerprint density at radius 3 is 2.50 bits per heavy atom. The van der Waals surface area contributed by atoms with Crippen molar-refractivity contribution in [3.8, 4) is 5.75 Å². The van der Waals surface area contributed by atoms with E-state index in [0.29, 0.717) is 18.1 Å². The van der Waals surface area contributed by atoms with Gasteiger partial charge in [0.05, 0.1) is 0 Å². The quantitative estimate of drug-likeness (QED) is 0.838. The minimum Gasteiger partial charge on any atom is -0.484 e. The SMILES string of the molecule is Cc1cccc(OCC(=O)N[C@H](CC(C)C)C(=O)N(C)C)c1. The van der Waals surface area contributed by atoms with Gasteiger partial charge in [0, 0.05) is 14.1 Å². The molecule has 0 saturated carbocycles. The molecule has 5 nitrogen and oxygen atoms in total. The van der Waals surface area contributed by atoms with E-state index in [1.54, 1.807) is 20.2 Å². The second kappa shape index (κ2) is 8.41. The number of ether oxygens (including phenoxy) is 1. The fraction of sp³-hybridized carbons (Fsp3) is 0.529. The summed E-state index contributed by atoms with van der Waals surface area (Å²) in [5, 5.41) is 2.76. The van der Waals surface area contributed by atoms with E-state index < -0.39 is 6.04 Å². The van der Waals surface area contributed by atoms with Gasteiger partial charge < -0.3 is 15.0 Å². The molecular formula is C17H26N2O3. The molecule has 0 unspecified atom stereocenters. The van der Waals surface area contributed by atoms with Crippen LogP contribution in [0.2, 0.25) is 0 Å². The van der Waals surface area contributed by atoms with Gasteiger partial charge in [-0.05, 0) is 37.0 Å². The number of likely N-dealkylation sites (N-methyl/N-ethyl adjacent to an activating group) is 1. The van der Waals surface area contributed by atoms with E-state index in [-0.39, 0.29) is 18.4 Å². The van der Waals surface area contributed by atoms with Gasteiger partial charge in [0.1, 0.15) is 11.8 Å². The molecule has 2 amide bonds. The minimum absolute atomic E-state index is 0.0985. The summed E-state index contributed by atoms with van der Waals surface area (Å²) in [7, 11) is 3.37. The first-order chi connectivity index (χ1) is 10.3. The third kappa shape index (κ3) is 6.16. The van der Waals surface area contributed by atoms with Crippen LogP contribution in [-0.4, -0.2) is 43.5 Å². The zero-order valence-corrected chi connectivity index (χ0v) is 14.1. The Bertz CT molecular complexity index is 512. The van der Waals surface area contributed by atoms with Gasteiger partial charge in [-0.1, -0.05) is 26.0 Å². The molecule has 0 saturated heterocycles. The molecule has 0 aliphatic heterocycles. The Labute approximate surface area is 132 Å². The third-order valence-corrected chi connectivity index (χ3v) is 3.14. The average molecular weight is 306 g/mol. The smallest absolute Gasteiger partial charge is 0.258 e. The van der Waals surface area contributed by atoms with Gasteiger partial charge in [-0.3, -0.25) is 9.59 Å². The first-order valence-electron chi connectivity index (χ1n) is 7.49. The highest BCUT2D eigenvalue weighted by Gasteiger charge is 2.23. The molecule has 0 spiro atoms. The van der Waals surface area contributed by atoms with Crippen molar-refractivity contribution in [2.45, 2.75) is 33.2 Å². The van der Waals surface area contributed by atoms with Crippen LogP contribution in [0.4, 0.5) is 0 Å². The molecule has 122 valence electrons. The van der Waals surface area contributed by atoms with Crippen molar-refractivity contribution >= 4 is 11.8 Å². The lowest BCUT2D eigenvalue weighted by Crippen LogP contribution is -2.48. The van der Waals surface area contributed by atoms with Gasteiger partial charge in [0.15, 0.2) is 6.61 Å². The molecule has 1 aromatic carbocycles. The number of hydrogen-bond donors (Lipinski definition) is 1. The van der Waals surface area contributed by atoms with Crippen LogP contribution in [0.25, 0.3) is 0 Å². The fourth-order valence-corrected chi connectivity index (χ4v) is 2.09.